The van der Waals surface area contributed by atoms with E-state index in [-0.39, 0.29) is 17.0 Å². The zero-order valence-corrected chi connectivity index (χ0v) is 15.3. The highest BCUT2D eigenvalue weighted by Crippen LogP contribution is 2.28. The van der Waals surface area contributed by atoms with Gasteiger partial charge in [-0.2, -0.15) is 0 Å². The Hall–Kier alpha value is -3.21. The van der Waals surface area contributed by atoms with Gasteiger partial charge in [0.05, 0.1) is 28.0 Å². The first-order valence-corrected chi connectivity index (χ1v) is 9.35. The summed E-state index contributed by atoms with van der Waals surface area (Å²) in [6, 6.07) is 5.81. The van der Waals surface area contributed by atoms with E-state index in [9.17, 15) is 27.7 Å². The first-order chi connectivity index (χ1) is 12.5. The summed E-state index contributed by atoms with van der Waals surface area (Å²) in [4.78, 5) is 22.4. The molecule has 0 unspecified atom stereocenters. The van der Waals surface area contributed by atoms with Gasteiger partial charge in [0.1, 0.15) is 11.5 Å². The zero-order chi connectivity index (χ0) is 20.4. The van der Waals surface area contributed by atoms with Crippen molar-refractivity contribution in [3.05, 3.63) is 57.4 Å². The smallest absolute Gasteiger partial charge is 0.295 e. The van der Waals surface area contributed by atoms with Crippen LogP contribution in [-0.2, 0) is 10.0 Å². The van der Waals surface area contributed by atoms with Crippen LogP contribution in [0.15, 0.2) is 30.3 Å². The molecule has 2 aromatic carbocycles. The maximum Gasteiger partial charge on any atom is 0.295 e. The highest BCUT2D eigenvalue weighted by molar-refractivity contribution is 7.92. The van der Waals surface area contributed by atoms with E-state index in [1.54, 1.807) is 6.92 Å². The minimum Gasteiger partial charge on any atom is -0.393 e. The lowest BCUT2D eigenvalue weighted by molar-refractivity contribution is -0.384. The Balaban J connectivity index is 2.29. The van der Waals surface area contributed by atoms with E-state index in [2.05, 4.69) is 10.0 Å². The molecule has 9 nitrogen and oxygen atoms in total. The van der Waals surface area contributed by atoms with Crippen LogP contribution in [0.4, 0.5) is 27.1 Å². The van der Waals surface area contributed by atoms with Crippen molar-refractivity contribution in [2.24, 2.45) is 0 Å². The fourth-order valence-electron chi connectivity index (χ4n) is 2.24. The molecule has 2 aromatic rings. The number of nitro groups is 1. The highest BCUT2D eigenvalue weighted by Gasteiger charge is 2.22. The predicted octanol–water partition coefficient (Wildman–Crippen LogP) is 2.64. The number of anilines is 3. The van der Waals surface area contributed by atoms with Crippen LogP contribution in [-0.4, -0.2) is 25.0 Å². The lowest BCUT2D eigenvalue weighted by Crippen LogP contribution is -2.17. The number of hydrogen-bond donors (Lipinski definition) is 3. The molecule has 0 fully saturated rings. The summed E-state index contributed by atoms with van der Waals surface area (Å²) in [6.07, 6.45) is 0. The lowest BCUT2D eigenvalue weighted by Gasteiger charge is -2.12. The van der Waals surface area contributed by atoms with Gasteiger partial charge in [-0.15, -0.1) is 0 Å². The second-order valence-electron chi connectivity index (χ2n) is 5.63. The maximum absolute atomic E-state index is 13.6. The minimum absolute atomic E-state index is 0.0947. The Morgan fingerprint density at radius 2 is 1.96 bits per heavy atom. The number of nitrogen functional groups attached to an aromatic ring is 1. The van der Waals surface area contributed by atoms with E-state index in [1.807, 2.05) is 0 Å². The van der Waals surface area contributed by atoms with Crippen LogP contribution < -0.4 is 15.8 Å². The van der Waals surface area contributed by atoms with E-state index in [0.29, 0.717) is 17.3 Å². The molecule has 0 aliphatic carbocycles. The zero-order valence-electron chi connectivity index (χ0n) is 14.4. The molecule has 4 N–H and O–H groups in total. The molecule has 0 aromatic heterocycles. The van der Waals surface area contributed by atoms with E-state index >= 15 is 0 Å². The van der Waals surface area contributed by atoms with Crippen molar-refractivity contribution in [1.29, 1.82) is 0 Å². The second-order valence-corrected chi connectivity index (χ2v) is 7.64. The summed E-state index contributed by atoms with van der Waals surface area (Å²) < 4.78 is 39.2. The largest absolute Gasteiger partial charge is 0.393 e. The van der Waals surface area contributed by atoms with Gasteiger partial charge in [0.2, 0.25) is 10.0 Å². The third-order valence-corrected chi connectivity index (χ3v) is 4.99. The van der Waals surface area contributed by atoms with Crippen molar-refractivity contribution in [2.45, 2.75) is 13.8 Å². The van der Waals surface area contributed by atoms with Gasteiger partial charge in [-0.1, -0.05) is 0 Å². The summed E-state index contributed by atoms with van der Waals surface area (Å²) in [5, 5.41) is 13.4. The summed E-state index contributed by atoms with van der Waals surface area (Å²) >= 11 is 0. The second kappa shape index (κ2) is 7.58. The number of carbonyl (C=O) groups excluding carboxylic acids is 1. The van der Waals surface area contributed by atoms with Crippen molar-refractivity contribution < 1.29 is 22.5 Å². The molecule has 0 bridgehead atoms. The lowest BCUT2D eigenvalue weighted by atomic mass is 10.1. The summed E-state index contributed by atoms with van der Waals surface area (Å²) in [6.45, 7) is 3.12. The van der Waals surface area contributed by atoms with Crippen LogP contribution in [0.1, 0.15) is 22.8 Å². The van der Waals surface area contributed by atoms with E-state index in [4.69, 9.17) is 5.73 Å². The van der Waals surface area contributed by atoms with Gasteiger partial charge in [0.15, 0.2) is 0 Å². The number of nitro benzene ring substituents is 1. The van der Waals surface area contributed by atoms with Crippen molar-refractivity contribution >= 4 is 38.7 Å². The van der Waals surface area contributed by atoms with Crippen LogP contribution >= 0.6 is 0 Å². The third kappa shape index (κ3) is 4.70. The van der Waals surface area contributed by atoms with Gasteiger partial charge >= 0.3 is 0 Å². The quantitative estimate of drug-likeness (QED) is 0.389. The minimum atomic E-state index is -3.46. The van der Waals surface area contributed by atoms with E-state index in [0.717, 1.165) is 6.07 Å². The number of nitrogens with one attached hydrogen (secondary N) is 2. The molecule has 0 saturated heterocycles. The Morgan fingerprint density at radius 3 is 2.52 bits per heavy atom. The molecule has 0 aliphatic heterocycles. The van der Waals surface area contributed by atoms with Crippen LogP contribution in [0.5, 0.6) is 0 Å². The highest BCUT2D eigenvalue weighted by atomic mass is 32.2. The van der Waals surface area contributed by atoms with Gasteiger partial charge in [-0.05, 0) is 43.7 Å². The third-order valence-electron chi connectivity index (χ3n) is 3.69. The summed E-state index contributed by atoms with van der Waals surface area (Å²) in [5.74, 6) is -1.90. The van der Waals surface area contributed by atoms with Crippen molar-refractivity contribution in [2.75, 3.05) is 21.5 Å². The molecule has 2 rings (SSSR count). The van der Waals surface area contributed by atoms with E-state index < -0.39 is 38.0 Å². The molecule has 0 spiro atoms. The molecular weight excluding hydrogens is 379 g/mol. The van der Waals surface area contributed by atoms with E-state index in [1.165, 1.54) is 25.1 Å². The van der Waals surface area contributed by atoms with Crippen LogP contribution in [0.25, 0.3) is 0 Å². The number of benzene rings is 2. The van der Waals surface area contributed by atoms with Crippen LogP contribution in [0.2, 0.25) is 0 Å². The Kier molecular flexibility index (Phi) is 5.64. The van der Waals surface area contributed by atoms with Gasteiger partial charge in [-0.25, -0.2) is 12.8 Å². The van der Waals surface area contributed by atoms with Crippen molar-refractivity contribution in [3.63, 3.8) is 0 Å². The number of amides is 1. The molecule has 0 aliphatic rings. The van der Waals surface area contributed by atoms with Crippen molar-refractivity contribution in [3.8, 4) is 0 Å². The number of rotatable bonds is 6. The molecule has 0 atom stereocenters. The van der Waals surface area contributed by atoms with Crippen LogP contribution in [0, 0.1) is 22.9 Å². The Bertz CT molecular complexity index is 1020. The first kappa shape index (κ1) is 20.1. The monoisotopic (exact) mass is 396 g/mol. The predicted molar refractivity (Wildman–Crippen MR) is 99.7 cm³/mol. The fourth-order valence-corrected chi connectivity index (χ4v) is 2.95. The normalized spacial score (nSPS) is 11.1. The number of sulfonamides is 1. The molecule has 27 heavy (non-hydrogen) atoms. The number of nitrogens with two attached hydrogens (primary N) is 1. The first-order valence-electron chi connectivity index (χ1n) is 7.70. The van der Waals surface area contributed by atoms with Gasteiger partial charge in [-0.3, -0.25) is 19.6 Å². The molecule has 1 amide bonds. The Labute approximate surface area is 154 Å². The molecule has 0 saturated carbocycles. The molecule has 0 radical (unpaired) electrons. The molecule has 0 heterocycles. The van der Waals surface area contributed by atoms with Crippen LogP contribution in [0.3, 0.4) is 0 Å². The Morgan fingerprint density at radius 1 is 1.30 bits per heavy atom. The van der Waals surface area contributed by atoms with Crippen molar-refractivity contribution in [1.82, 2.24) is 0 Å². The molecule has 11 heteroatoms. The number of nitrogens with zero attached hydrogens (tertiary/aromatic N) is 1. The van der Waals surface area contributed by atoms with Gasteiger partial charge < -0.3 is 11.1 Å². The summed E-state index contributed by atoms with van der Waals surface area (Å²) in [5.41, 5.74) is 5.21. The topological polar surface area (TPSA) is 144 Å². The van der Waals surface area contributed by atoms with Gasteiger partial charge in [0, 0.05) is 5.69 Å². The SMILES string of the molecule is CCS(=O)(=O)Nc1ccc(NC(=O)c2cc(F)cc([N+](=O)[O-])c2N)cc1C. The summed E-state index contributed by atoms with van der Waals surface area (Å²) in [7, 11) is -3.46. The number of aryl methyl sites for hydroxylation is 1. The number of carbonyl (C=O) groups is 1. The average molecular weight is 396 g/mol. The maximum atomic E-state index is 13.6. The number of halogens is 1. The molecule has 144 valence electrons. The fraction of sp³-hybridized carbons (Fsp3) is 0.188. The number of hydrogen-bond acceptors (Lipinski definition) is 6. The van der Waals surface area contributed by atoms with Gasteiger partial charge in [0.25, 0.3) is 11.6 Å². The standard InChI is InChI=1S/C16H17FN4O5S/c1-3-27(25,26)20-13-5-4-11(6-9(13)2)19-16(22)12-7-10(17)8-14(15(12)18)21(23)24/h4-8,20H,3,18H2,1-2H3,(H,19,22). The molecular formula is C16H17FN4O5S. The average Bonchev–Trinajstić information content (AvgIpc) is 2.58.